The molecule has 1 aliphatic carbocycles. The predicted molar refractivity (Wildman–Crippen MR) is 63.3 cm³/mol. The number of nitrogens with zero attached hydrogens (tertiary/aromatic N) is 1. The number of hydrazine groups is 1. The number of nitrogens with two attached hydrogens (primary N) is 2. The Hall–Kier alpha value is -1.75. The third kappa shape index (κ3) is 2.64. The molecule has 2 rings (SSSR count). The molecule has 0 bridgehead atoms. The van der Waals surface area contributed by atoms with Crippen LogP contribution >= 0.6 is 0 Å². The monoisotopic (exact) mass is 220 g/mol. The predicted octanol–water partition coefficient (Wildman–Crippen LogP) is 1.03. The highest BCUT2D eigenvalue weighted by atomic mass is 16.5. The summed E-state index contributed by atoms with van der Waals surface area (Å²) in [7, 11) is 0. The maximum atomic E-state index is 5.72. The fourth-order valence-electron chi connectivity index (χ4n) is 1.45. The van der Waals surface area contributed by atoms with Crippen molar-refractivity contribution in [2.75, 3.05) is 0 Å². The molecular formula is C11H16N4O. The molecule has 1 aliphatic rings. The average molecular weight is 220 g/mol. The van der Waals surface area contributed by atoms with Crippen LogP contribution in [0.2, 0.25) is 0 Å². The number of guanidine groups is 1. The summed E-state index contributed by atoms with van der Waals surface area (Å²) in [6.07, 6.45) is 3.98. The number of aliphatic imine (C=N–C) groups is 1. The van der Waals surface area contributed by atoms with Gasteiger partial charge in [-0.05, 0) is 43.5 Å². The number of benzene rings is 1. The smallest absolute Gasteiger partial charge is 0.208 e. The van der Waals surface area contributed by atoms with Gasteiger partial charge in [-0.3, -0.25) is 5.43 Å². The lowest BCUT2D eigenvalue weighted by molar-refractivity contribution is 0.120. The Morgan fingerprint density at radius 2 is 2.00 bits per heavy atom. The standard InChI is InChI=1S/C11H16N4O/c12-11(15-13)14-8-4-6-10(7-5-8)16-9-2-1-3-9/h4-7,9H,1-3,13H2,(H3,12,14,15). The molecule has 5 nitrogen and oxygen atoms in total. The second-order valence-electron chi connectivity index (χ2n) is 3.81. The van der Waals surface area contributed by atoms with E-state index < -0.39 is 0 Å². The second-order valence-corrected chi connectivity index (χ2v) is 3.81. The summed E-state index contributed by atoms with van der Waals surface area (Å²) in [5.74, 6) is 6.18. The van der Waals surface area contributed by atoms with Crippen LogP contribution in [0.4, 0.5) is 5.69 Å². The van der Waals surface area contributed by atoms with Gasteiger partial charge in [0.25, 0.3) is 0 Å². The van der Waals surface area contributed by atoms with E-state index in [1.165, 1.54) is 6.42 Å². The molecular weight excluding hydrogens is 204 g/mol. The molecule has 16 heavy (non-hydrogen) atoms. The topological polar surface area (TPSA) is 85.7 Å². The fraction of sp³-hybridized carbons (Fsp3) is 0.364. The van der Waals surface area contributed by atoms with Gasteiger partial charge in [0, 0.05) is 0 Å². The minimum atomic E-state index is 0.188. The maximum Gasteiger partial charge on any atom is 0.208 e. The molecule has 0 amide bonds. The van der Waals surface area contributed by atoms with Crippen LogP contribution in [0.5, 0.6) is 5.75 Å². The van der Waals surface area contributed by atoms with Gasteiger partial charge in [0.15, 0.2) is 0 Å². The van der Waals surface area contributed by atoms with Crippen molar-refractivity contribution in [3.63, 3.8) is 0 Å². The molecule has 1 aromatic carbocycles. The van der Waals surface area contributed by atoms with E-state index in [2.05, 4.69) is 10.4 Å². The van der Waals surface area contributed by atoms with Crippen LogP contribution in [0.3, 0.4) is 0 Å². The summed E-state index contributed by atoms with van der Waals surface area (Å²) in [6, 6.07) is 7.47. The molecule has 1 fully saturated rings. The molecule has 0 saturated heterocycles. The van der Waals surface area contributed by atoms with Crippen LogP contribution in [0.15, 0.2) is 29.3 Å². The zero-order valence-corrected chi connectivity index (χ0v) is 9.02. The van der Waals surface area contributed by atoms with Gasteiger partial charge < -0.3 is 10.5 Å². The minimum Gasteiger partial charge on any atom is -0.490 e. The lowest BCUT2D eigenvalue weighted by atomic mass is 9.96. The Morgan fingerprint density at radius 3 is 2.50 bits per heavy atom. The van der Waals surface area contributed by atoms with Crippen molar-refractivity contribution < 1.29 is 4.74 Å². The van der Waals surface area contributed by atoms with Gasteiger partial charge in [-0.25, -0.2) is 10.8 Å². The summed E-state index contributed by atoms with van der Waals surface area (Å²) in [5, 5.41) is 0. The van der Waals surface area contributed by atoms with Gasteiger partial charge in [-0.2, -0.15) is 0 Å². The van der Waals surface area contributed by atoms with Crippen LogP contribution in [0.25, 0.3) is 0 Å². The van der Waals surface area contributed by atoms with E-state index in [0.717, 1.165) is 24.3 Å². The van der Waals surface area contributed by atoms with Gasteiger partial charge in [0.05, 0.1) is 11.8 Å². The van der Waals surface area contributed by atoms with Crippen LogP contribution in [-0.4, -0.2) is 12.1 Å². The zero-order valence-electron chi connectivity index (χ0n) is 9.02. The average Bonchev–Trinajstić information content (AvgIpc) is 2.25. The molecule has 86 valence electrons. The first-order valence-electron chi connectivity index (χ1n) is 5.35. The normalized spacial score (nSPS) is 16.7. The highest BCUT2D eigenvalue weighted by molar-refractivity contribution is 5.80. The number of hydrogen-bond acceptors (Lipinski definition) is 3. The van der Waals surface area contributed by atoms with Crippen molar-refractivity contribution in [1.29, 1.82) is 0 Å². The van der Waals surface area contributed by atoms with Crippen molar-refractivity contribution in [3.05, 3.63) is 24.3 Å². The van der Waals surface area contributed by atoms with Gasteiger partial charge in [0.1, 0.15) is 5.75 Å². The van der Waals surface area contributed by atoms with Crippen LogP contribution in [-0.2, 0) is 0 Å². The number of nitrogens with one attached hydrogen (secondary N) is 1. The van der Waals surface area contributed by atoms with Crippen LogP contribution < -0.4 is 21.7 Å². The summed E-state index contributed by atoms with van der Waals surface area (Å²) >= 11 is 0. The molecule has 0 aliphatic heterocycles. The second kappa shape index (κ2) is 4.85. The zero-order chi connectivity index (χ0) is 11.4. The summed E-state index contributed by atoms with van der Waals surface area (Å²) in [4.78, 5) is 4.03. The highest BCUT2D eigenvalue weighted by Crippen LogP contribution is 2.26. The Kier molecular flexibility index (Phi) is 3.26. The Balaban J connectivity index is 1.98. The third-order valence-corrected chi connectivity index (χ3v) is 2.59. The lowest BCUT2D eigenvalue weighted by Crippen LogP contribution is -2.36. The SMILES string of the molecule is NN/C(N)=N\c1ccc(OC2CCC2)cc1. The van der Waals surface area contributed by atoms with Crippen molar-refractivity contribution in [2.45, 2.75) is 25.4 Å². The van der Waals surface area contributed by atoms with E-state index in [-0.39, 0.29) is 5.96 Å². The van der Waals surface area contributed by atoms with Crippen LogP contribution in [0.1, 0.15) is 19.3 Å². The van der Waals surface area contributed by atoms with E-state index in [0.29, 0.717) is 6.10 Å². The van der Waals surface area contributed by atoms with Gasteiger partial charge in [-0.15, -0.1) is 0 Å². The first-order chi connectivity index (χ1) is 7.78. The number of ether oxygens (including phenoxy) is 1. The molecule has 0 atom stereocenters. The molecule has 1 aromatic rings. The molecule has 5 N–H and O–H groups in total. The van der Waals surface area contributed by atoms with E-state index >= 15 is 0 Å². The van der Waals surface area contributed by atoms with Crippen molar-refractivity contribution in [1.82, 2.24) is 5.43 Å². The van der Waals surface area contributed by atoms with Crippen molar-refractivity contribution >= 4 is 11.6 Å². The maximum absolute atomic E-state index is 5.72. The van der Waals surface area contributed by atoms with Crippen molar-refractivity contribution in [3.8, 4) is 5.75 Å². The van der Waals surface area contributed by atoms with E-state index in [9.17, 15) is 0 Å². The number of rotatable bonds is 3. The molecule has 0 unspecified atom stereocenters. The minimum absolute atomic E-state index is 0.188. The van der Waals surface area contributed by atoms with E-state index in [4.69, 9.17) is 16.3 Å². The van der Waals surface area contributed by atoms with Crippen molar-refractivity contribution in [2.24, 2.45) is 16.6 Å². The molecule has 0 heterocycles. The fourth-order valence-corrected chi connectivity index (χ4v) is 1.45. The largest absolute Gasteiger partial charge is 0.490 e. The molecule has 1 saturated carbocycles. The Labute approximate surface area is 94.5 Å². The molecule has 0 aromatic heterocycles. The first-order valence-corrected chi connectivity index (χ1v) is 5.35. The van der Waals surface area contributed by atoms with Crippen LogP contribution in [0, 0.1) is 0 Å². The van der Waals surface area contributed by atoms with Gasteiger partial charge in [0.2, 0.25) is 5.96 Å². The van der Waals surface area contributed by atoms with Gasteiger partial charge in [-0.1, -0.05) is 0 Å². The van der Waals surface area contributed by atoms with Gasteiger partial charge >= 0.3 is 0 Å². The van der Waals surface area contributed by atoms with E-state index in [1.807, 2.05) is 24.3 Å². The molecule has 0 radical (unpaired) electrons. The quantitative estimate of drug-likeness (QED) is 0.307. The summed E-state index contributed by atoms with van der Waals surface area (Å²) in [6.45, 7) is 0. The first kappa shape index (κ1) is 10.8. The third-order valence-electron chi connectivity index (χ3n) is 2.59. The molecule has 5 heteroatoms. The number of hydrogen-bond donors (Lipinski definition) is 3. The molecule has 0 spiro atoms. The Morgan fingerprint density at radius 1 is 1.31 bits per heavy atom. The van der Waals surface area contributed by atoms with E-state index in [1.54, 1.807) is 0 Å². The lowest BCUT2D eigenvalue weighted by Gasteiger charge is -2.26. The summed E-state index contributed by atoms with van der Waals surface area (Å²) < 4.78 is 5.72. The Bertz CT molecular complexity index is 370. The summed E-state index contributed by atoms with van der Waals surface area (Å²) in [5.41, 5.74) is 8.46. The highest BCUT2D eigenvalue weighted by Gasteiger charge is 2.18.